The maximum absolute atomic E-state index is 12.0. The Morgan fingerprint density at radius 1 is 1.25 bits per heavy atom. The molecule has 0 amide bonds. The number of aliphatic hydroxyl groups excluding tert-OH is 1. The molecule has 1 aromatic rings. The van der Waals surface area contributed by atoms with Crippen molar-refractivity contribution in [3.05, 3.63) is 29.8 Å². The summed E-state index contributed by atoms with van der Waals surface area (Å²) in [7, 11) is -4.37. The van der Waals surface area contributed by atoms with Crippen LogP contribution in [0.2, 0.25) is 0 Å². The van der Waals surface area contributed by atoms with E-state index in [0.717, 1.165) is 0 Å². The Hall–Kier alpha value is -1.76. The third kappa shape index (κ3) is 5.92. The Morgan fingerprint density at radius 2 is 1.90 bits per heavy atom. The van der Waals surface area contributed by atoms with Crippen LogP contribution >= 0.6 is 0 Å². The summed E-state index contributed by atoms with van der Waals surface area (Å²) in [4.78, 5) is 0. The van der Waals surface area contributed by atoms with E-state index in [4.69, 9.17) is 5.11 Å². The molecule has 3 N–H and O–H groups in total. The number of alkyl halides is 3. The van der Waals surface area contributed by atoms with Gasteiger partial charge >= 0.3 is 6.18 Å². The van der Waals surface area contributed by atoms with Crippen molar-refractivity contribution in [1.82, 2.24) is 4.72 Å². The molecule has 0 bridgehead atoms. The van der Waals surface area contributed by atoms with Crippen molar-refractivity contribution < 1.29 is 26.7 Å². The van der Waals surface area contributed by atoms with Crippen LogP contribution in [-0.2, 0) is 10.2 Å². The van der Waals surface area contributed by atoms with Crippen LogP contribution in [0, 0.1) is 11.8 Å². The predicted molar refractivity (Wildman–Crippen MR) is 67.0 cm³/mol. The summed E-state index contributed by atoms with van der Waals surface area (Å²) in [6.45, 7) is -2.10. The van der Waals surface area contributed by atoms with E-state index in [9.17, 15) is 21.6 Å². The van der Waals surface area contributed by atoms with Gasteiger partial charge in [-0.2, -0.15) is 26.3 Å². The molecule has 9 heteroatoms. The molecular weight excluding hydrogens is 297 g/mol. The zero-order valence-electron chi connectivity index (χ0n) is 10.0. The van der Waals surface area contributed by atoms with Gasteiger partial charge in [-0.05, 0) is 12.1 Å². The normalized spacial score (nSPS) is 11.6. The summed E-state index contributed by atoms with van der Waals surface area (Å²) in [5.41, 5.74) is 0.252. The topological polar surface area (TPSA) is 78.4 Å². The summed E-state index contributed by atoms with van der Waals surface area (Å²) in [6.07, 6.45) is -4.65. The smallest absolute Gasteiger partial charge is 0.384 e. The molecular formula is C11H11F3N2O3S. The van der Waals surface area contributed by atoms with Crippen LogP contribution in [0.1, 0.15) is 5.56 Å². The molecule has 0 aliphatic heterocycles. The van der Waals surface area contributed by atoms with Crippen molar-refractivity contribution in [1.29, 1.82) is 0 Å². The summed E-state index contributed by atoms with van der Waals surface area (Å²) >= 11 is 0. The van der Waals surface area contributed by atoms with E-state index in [1.54, 1.807) is 6.07 Å². The van der Waals surface area contributed by atoms with Gasteiger partial charge < -0.3 is 5.11 Å². The van der Waals surface area contributed by atoms with Gasteiger partial charge in [0.2, 0.25) is 0 Å². The van der Waals surface area contributed by atoms with Gasteiger partial charge in [0.15, 0.2) is 0 Å². The third-order valence-electron chi connectivity index (χ3n) is 1.94. The molecule has 0 fully saturated rings. The highest BCUT2D eigenvalue weighted by molar-refractivity contribution is 7.90. The van der Waals surface area contributed by atoms with E-state index in [1.165, 1.54) is 22.9 Å². The fourth-order valence-corrected chi connectivity index (χ4v) is 2.07. The van der Waals surface area contributed by atoms with Crippen molar-refractivity contribution in [2.45, 2.75) is 6.18 Å². The average molecular weight is 308 g/mol. The van der Waals surface area contributed by atoms with E-state index >= 15 is 0 Å². The molecule has 0 aliphatic carbocycles. The van der Waals surface area contributed by atoms with Gasteiger partial charge in [-0.15, -0.1) is 0 Å². The molecule has 0 saturated carbocycles. The lowest BCUT2D eigenvalue weighted by Gasteiger charge is -2.12. The van der Waals surface area contributed by atoms with E-state index in [2.05, 4.69) is 11.8 Å². The van der Waals surface area contributed by atoms with Crippen molar-refractivity contribution >= 4 is 15.9 Å². The number of halogens is 3. The van der Waals surface area contributed by atoms with E-state index in [1.807, 2.05) is 4.72 Å². The molecule has 0 saturated heterocycles. The molecule has 0 aromatic heterocycles. The number of para-hydroxylation sites is 1. The van der Waals surface area contributed by atoms with Gasteiger partial charge in [0.1, 0.15) is 13.2 Å². The zero-order chi connectivity index (χ0) is 15.2. The summed E-state index contributed by atoms with van der Waals surface area (Å²) in [5.74, 6) is 4.80. The number of anilines is 1. The van der Waals surface area contributed by atoms with Crippen molar-refractivity contribution in [3.8, 4) is 11.8 Å². The van der Waals surface area contributed by atoms with Gasteiger partial charge in [0.25, 0.3) is 10.2 Å². The van der Waals surface area contributed by atoms with E-state index in [0.29, 0.717) is 0 Å². The van der Waals surface area contributed by atoms with Gasteiger partial charge in [0.05, 0.1) is 5.69 Å². The van der Waals surface area contributed by atoms with Crippen LogP contribution in [0.25, 0.3) is 0 Å². The number of hydrogen-bond donors (Lipinski definition) is 3. The fraction of sp³-hybridized carbons (Fsp3) is 0.273. The second-order valence-electron chi connectivity index (χ2n) is 3.55. The molecule has 110 valence electrons. The minimum absolute atomic E-state index is 0.0168. The first-order valence-electron chi connectivity index (χ1n) is 5.26. The Bertz CT molecular complexity index is 618. The van der Waals surface area contributed by atoms with Crippen LogP contribution in [0.15, 0.2) is 24.3 Å². The third-order valence-corrected chi connectivity index (χ3v) is 2.95. The molecule has 1 aromatic carbocycles. The van der Waals surface area contributed by atoms with Gasteiger partial charge in [0, 0.05) is 5.56 Å². The van der Waals surface area contributed by atoms with Crippen molar-refractivity contribution in [3.63, 3.8) is 0 Å². The largest absolute Gasteiger partial charge is 0.402 e. The minimum Gasteiger partial charge on any atom is -0.384 e. The first-order valence-corrected chi connectivity index (χ1v) is 6.75. The number of nitrogens with one attached hydrogen (secondary N) is 2. The van der Waals surface area contributed by atoms with Crippen molar-refractivity contribution in [2.75, 3.05) is 17.9 Å². The lowest BCUT2D eigenvalue weighted by Crippen LogP contribution is -2.37. The van der Waals surface area contributed by atoms with Crippen molar-refractivity contribution in [2.24, 2.45) is 0 Å². The molecule has 0 spiro atoms. The number of hydrogen-bond acceptors (Lipinski definition) is 3. The number of benzene rings is 1. The Kier molecular flexibility index (Phi) is 5.38. The Morgan fingerprint density at radius 3 is 2.50 bits per heavy atom. The fourth-order valence-electron chi connectivity index (χ4n) is 1.17. The molecule has 0 atom stereocenters. The molecule has 0 radical (unpaired) electrons. The second-order valence-corrected chi connectivity index (χ2v) is 5.05. The summed E-state index contributed by atoms with van der Waals surface area (Å²) in [5, 5.41) is 8.58. The van der Waals surface area contributed by atoms with Gasteiger partial charge in [-0.25, -0.2) is 0 Å². The highest BCUT2D eigenvalue weighted by atomic mass is 32.2. The zero-order valence-corrected chi connectivity index (χ0v) is 10.8. The first kappa shape index (κ1) is 16.3. The maximum atomic E-state index is 12.0. The number of aliphatic hydroxyl groups is 1. The van der Waals surface area contributed by atoms with Crippen LogP contribution in [-0.4, -0.2) is 32.9 Å². The minimum atomic E-state index is -4.65. The first-order chi connectivity index (χ1) is 9.23. The number of rotatable bonds is 4. The second kappa shape index (κ2) is 6.60. The Labute approximate surface area is 114 Å². The molecule has 20 heavy (non-hydrogen) atoms. The highest BCUT2D eigenvalue weighted by Gasteiger charge is 2.29. The van der Waals surface area contributed by atoms with Gasteiger partial charge in [-0.3, -0.25) is 4.72 Å². The SMILES string of the molecule is O=S(=O)(NCC(F)(F)F)Nc1ccccc1C#CCO. The molecule has 0 unspecified atom stereocenters. The van der Waals surface area contributed by atoms with Crippen LogP contribution in [0.5, 0.6) is 0 Å². The quantitative estimate of drug-likeness (QED) is 0.721. The maximum Gasteiger partial charge on any atom is 0.402 e. The molecule has 0 heterocycles. The van der Waals surface area contributed by atoms with Crippen LogP contribution in [0.3, 0.4) is 0 Å². The van der Waals surface area contributed by atoms with Crippen LogP contribution in [0.4, 0.5) is 18.9 Å². The Balaban J connectivity index is 2.87. The van der Waals surface area contributed by atoms with Gasteiger partial charge in [-0.1, -0.05) is 24.0 Å². The summed E-state index contributed by atoms with van der Waals surface area (Å²) in [6, 6.07) is 5.87. The van der Waals surface area contributed by atoms with E-state index in [-0.39, 0.29) is 11.3 Å². The summed E-state index contributed by atoms with van der Waals surface area (Å²) < 4.78 is 62.1. The molecule has 5 nitrogen and oxygen atoms in total. The highest BCUT2D eigenvalue weighted by Crippen LogP contribution is 2.16. The predicted octanol–water partition coefficient (Wildman–Crippen LogP) is 0.839. The standard InChI is InChI=1S/C11H11F3N2O3S/c12-11(13,14)8-15-20(18,19)16-10-6-2-1-4-9(10)5-3-7-17/h1-2,4,6,15-17H,7-8H2. The monoisotopic (exact) mass is 308 g/mol. The molecule has 0 aliphatic rings. The lowest BCUT2D eigenvalue weighted by molar-refractivity contribution is -0.121. The average Bonchev–Trinajstić information content (AvgIpc) is 2.34. The lowest BCUT2D eigenvalue weighted by atomic mass is 10.2. The van der Waals surface area contributed by atoms with Crippen LogP contribution < -0.4 is 9.44 Å². The molecule has 1 rings (SSSR count). The van der Waals surface area contributed by atoms with E-state index < -0.39 is 29.5 Å².